The lowest BCUT2D eigenvalue weighted by atomic mass is 9.99. The molecular formula is C16H21NO4. The molecule has 0 atom stereocenters. The first-order chi connectivity index (χ1) is 10.1. The molecule has 21 heavy (non-hydrogen) atoms. The highest BCUT2D eigenvalue weighted by atomic mass is 16.5. The molecule has 1 aromatic carbocycles. The van der Waals surface area contributed by atoms with Gasteiger partial charge in [0.2, 0.25) is 0 Å². The second kappa shape index (κ2) is 7.22. The predicted octanol–water partition coefficient (Wildman–Crippen LogP) is 1.70. The number of aryl methyl sites for hydroxylation is 1. The summed E-state index contributed by atoms with van der Waals surface area (Å²) >= 11 is 0. The van der Waals surface area contributed by atoms with Gasteiger partial charge in [-0.3, -0.25) is 14.5 Å². The molecule has 1 saturated heterocycles. The second-order valence-corrected chi connectivity index (χ2v) is 5.35. The fourth-order valence-corrected chi connectivity index (χ4v) is 2.40. The molecule has 1 aliphatic heterocycles. The summed E-state index contributed by atoms with van der Waals surface area (Å²) in [4.78, 5) is 24.1. The van der Waals surface area contributed by atoms with Crippen molar-refractivity contribution in [3.8, 4) is 0 Å². The van der Waals surface area contributed by atoms with Gasteiger partial charge in [-0.2, -0.15) is 0 Å². The summed E-state index contributed by atoms with van der Waals surface area (Å²) in [6, 6.07) is 8.11. The molecule has 1 N–H and O–H groups in total. The number of likely N-dealkylation sites (tertiary alicyclic amines) is 1. The number of rotatable bonds is 7. The third-order valence-corrected chi connectivity index (χ3v) is 3.66. The standard InChI is InChI=1S/C16H21NO4/c1-2-21-15(18)8-7-12-3-5-13(6-4-12)9-17-10-14(11-17)16(19)20/h3-6,14H,2,7-11H2,1H3,(H,19,20). The summed E-state index contributed by atoms with van der Waals surface area (Å²) in [5.74, 6) is -1.09. The van der Waals surface area contributed by atoms with Gasteiger partial charge in [0.15, 0.2) is 0 Å². The van der Waals surface area contributed by atoms with Crippen molar-refractivity contribution in [2.24, 2.45) is 5.92 Å². The summed E-state index contributed by atoms with van der Waals surface area (Å²) in [6.07, 6.45) is 1.09. The average Bonchev–Trinajstić information content (AvgIpc) is 2.41. The minimum absolute atomic E-state index is 0.165. The number of carboxylic acids is 1. The summed E-state index contributed by atoms with van der Waals surface area (Å²) in [5, 5.41) is 8.83. The molecule has 1 aromatic rings. The van der Waals surface area contributed by atoms with E-state index in [4.69, 9.17) is 9.84 Å². The van der Waals surface area contributed by atoms with Crippen LogP contribution >= 0.6 is 0 Å². The van der Waals surface area contributed by atoms with Gasteiger partial charge in [0.05, 0.1) is 12.5 Å². The van der Waals surface area contributed by atoms with Crippen LogP contribution in [0.25, 0.3) is 0 Å². The molecule has 0 unspecified atom stereocenters. The topological polar surface area (TPSA) is 66.8 Å². The zero-order valence-electron chi connectivity index (χ0n) is 12.2. The molecular weight excluding hydrogens is 270 g/mol. The Bertz CT molecular complexity index is 492. The third-order valence-electron chi connectivity index (χ3n) is 3.66. The monoisotopic (exact) mass is 291 g/mol. The molecule has 5 heteroatoms. The molecule has 0 aliphatic carbocycles. The van der Waals surface area contributed by atoms with Crippen LogP contribution in [0.1, 0.15) is 24.5 Å². The highest BCUT2D eigenvalue weighted by Gasteiger charge is 2.31. The molecule has 2 rings (SSSR count). The van der Waals surface area contributed by atoms with Gasteiger partial charge in [-0.15, -0.1) is 0 Å². The number of carbonyl (C=O) groups is 2. The Hall–Kier alpha value is -1.88. The molecule has 0 aromatic heterocycles. The largest absolute Gasteiger partial charge is 0.481 e. The van der Waals surface area contributed by atoms with E-state index < -0.39 is 5.97 Å². The van der Waals surface area contributed by atoms with Crippen LogP contribution < -0.4 is 0 Å². The lowest BCUT2D eigenvalue weighted by Crippen LogP contribution is -2.49. The number of esters is 1. The summed E-state index contributed by atoms with van der Waals surface area (Å²) in [7, 11) is 0. The van der Waals surface area contributed by atoms with Gasteiger partial charge < -0.3 is 9.84 Å². The van der Waals surface area contributed by atoms with E-state index in [1.807, 2.05) is 24.3 Å². The molecule has 0 amide bonds. The van der Waals surface area contributed by atoms with Crippen LogP contribution in [0.5, 0.6) is 0 Å². The quantitative estimate of drug-likeness (QED) is 0.774. The predicted molar refractivity (Wildman–Crippen MR) is 77.8 cm³/mol. The maximum Gasteiger partial charge on any atom is 0.309 e. The van der Waals surface area contributed by atoms with Crippen molar-refractivity contribution in [3.63, 3.8) is 0 Å². The van der Waals surface area contributed by atoms with Gasteiger partial charge in [0, 0.05) is 26.1 Å². The van der Waals surface area contributed by atoms with E-state index in [2.05, 4.69) is 4.90 Å². The molecule has 0 radical (unpaired) electrons. The van der Waals surface area contributed by atoms with Gasteiger partial charge in [0.1, 0.15) is 0 Å². The van der Waals surface area contributed by atoms with Crippen LogP contribution in [0.3, 0.4) is 0 Å². The summed E-state index contributed by atoms with van der Waals surface area (Å²) in [6.45, 7) is 4.25. The van der Waals surface area contributed by atoms with Crippen molar-refractivity contribution < 1.29 is 19.4 Å². The Labute approximate surface area is 124 Å². The fourth-order valence-electron chi connectivity index (χ4n) is 2.40. The lowest BCUT2D eigenvalue weighted by Gasteiger charge is -2.36. The third kappa shape index (κ3) is 4.56. The molecule has 0 bridgehead atoms. The minimum atomic E-state index is -0.708. The number of hydrogen-bond acceptors (Lipinski definition) is 4. The molecule has 5 nitrogen and oxygen atoms in total. The number of hydrogen-bond donors (Lipinski definition) is 1. The number of carboxylic acid groups (broad SMARTS) is 1. The number of ether oxygens (including phenoxy) is 1. The van der Waals surface area contributed by atoms with E-state index in [-0.39, 0.29) is 11.9 Å². The zero-order valence-corrected chi connectivity index (χ0v) is 12.2. The van der Waals surface area contributed by atoms with E-state index in [9.17, 15) is 9.59 Å². The first-order valence-electron chi connectivity index (χ1n) is 7.27. The highest BCUT2D eigenvalue weighted by molar-refractivity contribution is 5.71. The van der Waals surface area contributed by atoms with E-state index in [0.29, 0.717) is 32.5 Å². The highest BCUT2D eigenvalue weighted by Crippen LogP contribution is 2.19. The van der Waals surface area contributed by atoms with Crippen molar-refractivity contribution in [1.82, 2.24) is 4.90 Å². The molecule has 1 heterocycles. The molecule has 114 valence electrons. The number of nitrogens with zero attached hydrogens (tertiary/aromatic N) is 1. The summed E-state index contributed by atoms with van der Waals surface area (Å²) in [5.41, 5.74) is 2.28. The number of aliphatic carboxylic acids is 1. The second-order valence-electron chi connectivity index (χ2n) is 5.35. The summed E-state index contributed by atoms with van der Waals surface area (Å²) < 4.78 is 4.90. The van der Waals surface area contributed by atoms with Crippen molar-refractivity contribution in [2.45, 2.75) is 26.3 Å². The van der Waals surface area contributed by atoms with Crippen molar-refractivity contribution in [1.29, 1.82) is 0 Å². The first-order valence-corrected chi connectivity index (χ1v) is 7.27. The van der Waals surface area contributed by atoms with Crippen molar-refractivity contribution in [3.05, 3.63) is 35.4 Å². The van der Waals surface area contributed by atoms with Crippen molar-refractivity contribution >= 4 is 11.9 Å². The van der Waals surface area contributed by atoms with Crippen molar-refractivity contribution in [2.75, 3.05) is 19.7 Å². The molecule has 0 spiro atoms. The zero-order chi connectivity index (χ0) is 15.2. The van der Waals surface area contributed by atoms with E-state index in [1.165, 1.54) is 5.56 Å². The van der Waals surface area contributed by atoms with Crippen LogP contribution in [0.15, 0.2) is 24.3 Å². The van der Waals surface area contributed by atoms with Crippen LogP contribution in [-0.2, 0) is 27.3 Å². The maximum absolute atomic E-state index is 11.3. The first kappa shape index (κ1) is 15.5. The number of benzene rings is 1. The lowest BCUT2D eigenvalue weighted by molar-refractivity contribution is -0.147. The SMILES string of the molecule is CCOC(=O)CCc1ccc(CN2CC(C(=O)O)C2)cc1. The normalized spacial score (nSPS) is 15.5. The smallest absolute Gasteiger partial charge is 0.309 e. The van der Waals surface area contributed by atoms with Crippen LogP contribution in [-0.4, -0.2) is 41.6 Å². The van der Waals surface area contributed by atoms with Gasteiger partial charge in [-0.05, 0) is 24.5 Å². The number of carbonyl (C=O) groups excluding carboxylic acids is 1. The Kier molecular flexibility index (Phi) is 5.33. The molecule has 0 saturated carbocycles. The Balaban J connectivity index is 1.75. The van der Waals surface area contributed by atoms with Gasteiger partial charge in [-0.25, -0.2) is 0 Å². The average molecular weight is 291 g/mol. The van der Waals surface area contributed by atoms with Crippen LogP contribution in [0.4, 0.5) is 0 Å². The fraction of sp³-hybridized carbons (Fsp3) is 0.500. The van der Waals surface area contributed by atoms with E-state index >= 15 is 0 Å². The Morgan fingerprint density at radius 3 is 2.43 bits per heavy atom. The van der Waals surface area contributed by atoms with E-state index in [0.717, 1.165) is 12.1 Å². The molecule has 1 aliphatic rings. The van der Waals surface area contributed by atoms with Crippen LogP contribution in [0, 0.1) is 5.92 Å². The molecule has 1 fully saturated rings. The van der Waals surface area contributed by atoms with Gasteiger partial charge in [-0.1, -0.05) is 24.3 Å². The Morgan fingerprint density at radius 2 is 1.86 bits per heavy atom. The maximum atomic E-state index is 11.3. The van der Waals surface area contributed by atoms with Gasteiger partial charge in [0.25, 0.3) is 0 Å². The minimum Gasteiger partial charge on any atom is -0.481 e. The van der Waals surface area contributed by atoms with Gasteiger partial charge >= 0.3 is 11.9 Å². The Morgan fingerprint density at radius 1 is 1.24 bits per heavy atom. The van der Waals surface area contributed by atoms with E-state index in [1.54, 1.807) is 6.92 Å². The van der Waals surface area contributed by atoms with Crippen LogP contribution in [0.2, 0.25) is 0 Å².